The Bertz CT molecular complexity index is 521. The molecule has 3 rings (SSSR count). The van der Waals surface area contributed by atoms with Gasteiger partial charge in [-0.05, 0) is 31.0 Å². The molecule has 1 aromatic carbocycles. The van der Waals surface area contributed by atoms with Gasteiger partial charge in [0, 0.05) is 22.2 Å². The zero-order valence-electron chi connectivity index (χ0n) is 8.73. The number of halogens is 1. The number of rotatable bonds is 2. The van der Waals surface area contributed by atoms with Gasteiger partial charge in [0.2, 0.25) is 0 Å². The van der Waals surface area contributed by atoms with Gasteiger partial charge in [-0.3, -0.25) is 0 Å². The number of nitrogens with zero attached hydrogens (tertiary/aromatic N) is 2. The van der Waals surface area contributed by atoms with E-state index >= 15 is 0 Å². The molecule has 16 heavy (non-hydrogen) atoms. The average molecular weight is 275 g/mol. The smallest absolute Gasteiger partial charge is 0.132 e. The van der Waals surface area contributed by atoms with Crippen LogP contribution in [0.5, 0.6) is 0 Å². The highest BCUT2D eigenvalue weighted by molar-refractivity contribution is 9.10. The van der Waals surface area contributed by atoms with Crippen molar-refractivity contribution in [3.05, 3.63) is 46.8 Å². The fraction of sp³-hybridized carbons (Fsp3) is 0.231. The van der Waals surface area contributed by atoms with Gasteiger partial charge in [0.25, 0.3) is 0 Å². The van der Waals surface area contributed by atoms with Gasteiger partial charge < -0.3 is 0 Å². The summed E-state index contributed by atoms with van der Waals surface area (Å²) in [4.78, 5) is 8.94. The predicted octanol–water partition coefficient (Wildman–Crippen LogP) is 3.78. The monoisotopic (exact) mass is 274 g/mol. The van der Waals surface area contributed by atoms with Crippen LogP contribution >= 0.6 is 15.9 Å². The minimum absolute atomic E-state index is 0.604. The normalized spacial score (nSPS) is 15.1. The minimum Gasteiger partial charge on any atom is -0.241 e. The maximum atomic E-state index is 4.61. The lowest BCUT2D eigenvalue weighted by Crippen LogP contribution is -1.93. The lowest BCUT2D eigenvalue weighted by Gasteiger charge is -2.03. The summed E-state index contributed by atoms with van der Waals surface area (Å²) in [5, 5.41) is 0. The summed E-state index contributed by atoms with van der Waals surface area (Å²) in [5.41, 5.74) is 2.15. The highest BCUT2D eigenvalue weighted by Gasteiger charge is 2.26. The van der Waals surface area contributed by atoms with Crippen LogP contribution in [0.1, 0.15) is 24.6 Å². The molecule has 3 heteroatoms. The molecule has 2 nitrogen and oxygen atoms in total. The van der Waals surface area contributed by atoms with E-state index in [0.29, 0.717) is 5.92 Å². The number of hydrogen-bond acceptors (Lipinski definition) is 2. The molecule has 1 heterocycles. The quantitative estimate of drug-likeness (QED) is 0.833. The first kappa shape index (κ1) is 9.97. The summed E-state index contributed by atoms with van der Waals surface area (Å²) in [6.07, 6.45) is 4.33. The zero-order valence-corrected chi connectivity index (χ0v) is 10.3. The van der Waals surface area contributed by atoms with Crippen molar-refractivity contribution in [2.75, 3.05) is 0 Å². The second kappa shape index (κ2) is 3.98. The van der Waals surface area contributed by atoms with E-state index in [0.717, 1.165) is 21.6 Å². The van der Waals surface area contributed by atoms with Crippen molar-refractivity contribution in [1.29, 1.82) is 0 Å². The van der Waals surface area contributed by atoms with Crippen LogP contribution < -0.4 is 0 Å². The summed E-state index contributed by atoms with van der Waals surface area (Å²) in [5.74, 6) is 1.60. The molecule has 0 bridgehead atoms. The second-order valence-corrected chi connectivity index (χ2v) is 5.00. The van der Waals surface area contributed by atoms with Gasteiger partial charge in [0.15, 0.2) is 0 Å². The molecular weight excluding hydrogens is 264 g/mol. The molecule has 0 N–H and O–H groups in total. The molecule has 0 aliphatic heterocycles. The first-order valence-electron chi connectivity index (χ1n) is 5.42. The average Bonchev–Trinajstić information content (AvgIpc) is 3.13. The van der Waals surface area contributed by atoms with Crippen LogP contribution in [-0.4, -0.2) is 9.97 Å². The first-order chi connectivity index (χ1) is 7.83. The molecule has 0 radical (unpaired) electrons. The van der Waals surface area contributed by atoms with Crippen LogP contribution in [0.3, 0.4) is 0 Å². The van der Waals surface area contributed by atoms with E-state index in [4.69, 9.17) is 0 Å². The molecule has 0 unspecified atom stereocenters. The minimum atomic E-state index is 0.604. The van der Waals surface area contributed by atoms with Gasteiger partial charge in [-0.25, -0.2) is 9.97 Å². The third-order valence-electron chi connectivity index (χ3n) is 2.74. The first-order valence-corrected chi connectivity index (χ1v) is 6.21. The SMILES string of the molecule is Brc1cccc(-c2ccnc(C3CC3)n2)c1. The van der Waals surface area contributed by atoms with Gasteiger partial charge in [-0.15, -0.1) is 0 Å². The summed E-state index contributed by atoms with van der Waals surface area (Å²) < 4.78 is 1.08. The third-order valence-corrected chi connectivity index (χ3v) is 3.23. The molecule has 1 aliphatic carbocycles. The highest BCUT2D eigenvalue weighted by Crippen LogP contribution is 2.38. The van der Waals surface area contributed by atoms with Gasteiger partial charge in [-0.2, -0.15) is 0 Å². The van der Waals surface area contributed by atoms with E-state index in [-0.39, 0.29) is 0 Å². The summed E-state index contributed by atoms with van der Waals surface area (Å²) in [6.45, 7) is 0. The predicted molar refractivity (Wildman–Crippen MR) is 67.1 cm³/mol. The van der Waals surface area contributed by atoms with Crippen LogP contribution in [0, 0.1) is 0 Å². The largest absolute Gasteiger partial charge is 0.241 e. The molecule has 2 aromatic rings. The summed E-state index contributed by atoms with van der Waals surface area (Å²) >= 11 is 3.48. The molecular formula is C13H11BrN2. The Balaban J connectivity index is 2.02. The Morgan fingerprint density at radius 2 is 2.06 bits per heavy atom. The number of aromatic nitrogens is 2. The van der Waals surface area contributed by atoms with E-state index in [1.165, 1.54) is 12.8 Å². The van der Waals surface area contributed by atoms with E-state index < -0.39 is 0 Å². The summed E-state index contributed by atoms with van der Waals surface area (Å²) in [6, 6.07) is 10.2. The number of hydrogen-bond donors (Lipinski definition) is 0. The van der Waals surface area contributed by atoms with Crippen LogP contribution in [0.15, 0.2) is 41.0 Å². The van der Waals surface area contributed by atoms with Crippen LogP contribution in [-0.2, 0) is 0 Å². The van der Waals surface area contributed by atoms with Gasteiger partial charge in [0.05, 0.1) is 5.69 Å². The third kappa shape index (κ3) is 2.00. The summed E-state index contributed by atoms with van der Waals surface area (Å²) in [7, 11) is 0. The van der Waals surface area contributed by atoms with E-state index in [9.17, 15) is 0 Å². The fourth-order valence-corrected chi connectivity index (χ4v) is 2.12. The van der Waals surface area contributed by atoms with Crippen LogP contribution in [0.4, 0.5) is 0 Å². The van der Waals surface area contributed by atoms with Crippen molar-refractivity contribution < 1.29 is 0 Å². The van der Waals surface area contributed by atoms with Crippen molar-refractivity contribution in [1.82, 2.24) is 9.97 Å². The van der Waals surface area contributed by atoms with Crippen LogP contribution in [0.2, 0.25) is 0 Å². The maximum Gasteiger partial charge on any atom is 0.132 e. The molecule has 1 aromatic heterocycles. The van der Waals surface area contributed by atoms with Gasteiger partial charge >= 0.3 is 0 Å². The lowest BCUT2D eigenvalue weighted by atomic mass is 10.1. The van der Waals surface area contributed by atoms with Crippen molar-refractivity contribution in [2.24, 2.45) is 0 Å². The second-order valence-electron chi connectivity index (χ2n) is 4.08. The molecule has 1 aliphatic rings. The molecule has 0 atom stereocenters. The Hall–Kier alpha value is -1.22. The molecule has 80 valence electrons. The molecule has 0 spiro atoms. The number of benzene rings is 1. The zero-order chi connectivity index (χ0) is 11.0. The Labute approximate surface area is 103 Å². The molecule has 1 fully saturated rings. The van der Waals surface area contributed by atoms with Gasteiger partial charge in [-0.1, -0.05) is 28.1 Å². The standard InChI is InChI=1S/C13H11BrN2/c14-11-3-1-2-10(8-11)12-6-7-15-13(16-12)9-4-5-9/h1-3,6-9H,4-5H2. The van der Waals surface area contributed by atoms with Crippen molar-refractivity contribution in [2.45, 2.75) is 18.8 Å². The Morgan fingerprint density at radius 1 is 1.19 bits per heavy atom. The van der Waals surface area contributed by atoms with Crippen molar-refractivity contribution >= 4 is 15.9 Å². The fourth-order valence-electron chi connectivity index (χ4n) is 1.72. The molecule has 1 saturated carbocycles. The Morgan fingerprint density at radius 3 is 2.81 bits per heavy atom. The molecule has 0 amide bonds. The Kier molecular flexibility index (Phi) is 2.48. The highest BCUT2D eigenvalue weighted by atomic mass is 79.9. The maximum absolute atomic E-state index is 4.61. The van der Waals surface area contributed by atoms with Crippen molar-refractivity contribution in [3.63, 3.8) is 0 Å². The van der Waals surface area contributed by atoms with E-state index in [1.807, 2.05) is 24.4 Å². The lowest BCUT2D eigenvalue weighted by molar-refractivity contribution is 0.930. The van der Waals surface area contributed by atoms with Crippen LogP contribution in [0.25, 0.3) is 11.3 Å². The molecule has 0 saturated heterocycles. The van der Waals surface area contributed by atoms with E-state index in [1.54, 1.807) is 0 Å². The topological polar surface area (TPSA) is 25.8 Å². The van der Waals surface area contributed by atoms with E-state index in [2.05, 4.69) is 38.0 Å². The van der Waals surface area contributed by atoms with Crippen molar-refractivity contribution in [3.8, 4) is 11.3 Å². The van der Waals surface area contributed by atoms with Gasteiger partial charge in [0.1, 0.15) is 5.82 Å².